The number of methoxy groups -OCH3 is 1. The van der Waals surface area contributed by atoms with Crippen LogP contribution in [-0.2, 0) is 16.8 Å². The fraction of sp³-hybridized carbons (Fsp3) is 0.267. The molecule has 0 atom stereocenters. The van der Waals surface area contributed by atoms with Crippen molar-refractivity contribution in [2.75, 3.05) is 20.3 Å². The number of carbonyl (C=O) groups is 2. The highest BCUT2D eigenvalue weighted by Crippen LogP contribution is 2.35. The van der Waals surface area contributed by atoms with Crippen LogP contribution in [-0.4, -0.2) is 36.4 Å². The van der Waals surface area contributed by atoms with Crippen molar-refractivity contribution in [3.63, 3.8) is 0 Å². The normalized spacial score (nSPS) is 14.8. The number of halogens is 1. The van der Waals surface area contributed by atoms with Crippen molar-refractivity contribution in [2.24, 2.45) is 0 Å². The SMILES string of the molecule is COc1cc(/C=C2\SC(=O)N(Cc3ccccc3F)C2=O)ccc1OCCOc1ccc(C(C)(C)C)cc1. The Morgan fingerprint density at radius 2 is 1.63 bits per heavy atom. The molecule has 0 spiro atoms. The Morgan fingerprint density at radius 3 is 2.32 bits per heavy atom. The van der Waals surface area contributed by atoms with Crippen LogP contribution in [0.5, 0.6) is 17.2 Å². The second-order valence-electron chi connectivity index (χ2n) is 9.74. The van der Waals surface area contributed by atoms with Gasteiger partial charge in [0, 0.05) is 5.56 Å². The maximum Gasteiger partial charge on any atom is 0.293 e. The van der Waals surface area contributed by atoms with Gasteiger partial charge in [-0.2, -0.15) is 0 Å². The number of rotatable bonds is 9. The summed E-state index contributed by atoms with van der Waals surface area (Å²) in [7, 11) is 1.53. The van der Waals surface area contributed by atoms with Crippen LogP contribution >= 0.6 is 11.8 Å². The van der Waals surface area contributed by atoms with Gasteiger partial charge in [0.15, 0.2) is 11.5 Å². The first-order valence-corrected chi connectivity index (χ1v) is 13.0. The molecule has 4 rings (SSSR count). The van der Waals surface area contributed by atoms with E-state index in [1.807, 2.05) is 12.1 Å². The van der Waals surface area contributed by atoms with Crippen LogP contribution in [0.2, 0.25) is 0 Å². The van der Waals surface area contributed by atoms with Gasteiger partial charge in [-0.25, -0.2) is 4.39 Å². The summed E-state index contributed by atoms with van der Waals surface area (Å²) in [4.78, 5) is 26.6. The molecule has 0 aromatic heterocycles. The molecular formula is C30H30FNO5S. The summed E-state index contributed by atoms with van der Waals surface area (Å²) in [5, 5.41) is -0.440. The molecule has 0 unspecified atom stereocenters. The van der Waals surface area contributed by atoms with Gasteiger partial charge < -0.3 is 14.2 Å². The van der Waals surface area contributed by atoms with Gasteiger partial charge in [-0.15, -0.1) is 0 Å². The lowest BCUT2D eigenvalue weighted by atomic mass is 9.87. The molecule has 0 radical (unpaired) electrons. The summed E-state index contributed by atoms with van der Waals surface area (Å²) < 4.78 is 31.1. The van der Waals surface area contributed by atoms with E-state index in [0.29, 0.717) is 30.3 Å². The Balaban J connectivity index is 1.36. The van der Waals surface area contributed by atoms with E-state index in [1.165, 1.54) is 18.7 Å². The van der Waals surface area contributed by atoms with Gasteiger partial charge in [0.1, 0.15) is 24.8 Å². The number of carbonyl (C=O) groups excluding carboxylic acids is 2. The third-order valence-corrected chi connectivity index (χ3v) is 6.88. The van der Waals surface area contributed by atoms with Gasteiger partial charge in [0.05, 0.1) is 18.6 Å². The van der Waals surface area contributed by atoms with E-state index < -0.39 is 17.0 Å². The molecule has 3 aromatic carbocycles. The van der Waals surface area contributed by atoms with Crippen LogP contribution in [0.3, 0.4) is 0 Å². The van der Waals surface area contributed by atoms with E-state index in [1.54, 1.807) is 42.5 Å². The summed E-state index contributed by atoms with van der Waals surface area (Å²) in [6, 6.07) is 19.4. The second-order valence-corrected chi connectivity index (χ2v) is 10.7. The van der Waals surface area contributed by atoms with Crippen molar-refractivity contribution in [3.8, 4) is 17.2 Å². The van der Waals surface area contributed by atoms with Crippen LogP contribution in [0.25, 0.3) is 6.08 Å². The van der Waals surface area contributed by atoms with Gasteiger partial charge in [-0.1, -0.05) is 57.2 Å². The lowest BCUT2D eigenvalue weighted by Gasteiger charge is -2.19. The molecule has 0 bridgehead atoms. The first-order valence-electron chi connectivity index (χ1n) is 12.2. The molecule has 6 nitrogen and oxygen atoms in total. The van der Waals surface area contributed by atoms with Crippen molar-refractivity contribution in [2.45, 2.75) is 32.7 Å². The molecular weight excluding hydrogens is 505 g/mol. The standard InChI is InChI=1S/C30H30FNO5S/c1-30(2,3)22-10-12-23(13-11-22)36-15-16-37-25-14-9-20(17-26(25)35-4)18-27-28(33)32(29(34)38-27)19-21-7-5-6-8-24(21)31/h5-14,17-18H,15-16,19H2,1-4H3/b27-18-. The van der Waals surface area contributed by atoms with Crippen molar-refractivity contribution in [1.29, 1.82) is 0 Å². The maximum atomic E-state index is 14.0. The Hall–Kier alpha value is -3.78. The second kappa shape index (κ2) is 11.7. The van der Waals surface area contributed by atoms with Crippen LogP contribution in [0.1, 0.15) is 37.5 Å². The van der Waals surface area contributed by atoms with Crippen LogP contribution in [0, 0.1) is 5.82 Å². The van der Waals surface area contributed by atoms with Gasteiger partial charge in [0.2, 0.25) is 0 Å². The minimum atomic E-state index is -0.463. The molecule has 1 heterocycles. The number of thioether (sulfide) groups is 1. The zero-order valence-electron chi connectivity index (χ0n) is 21.8. The van der Waals surface area contributed by atoms with Gasteiger partial charge in [-0.05, 0) is 64.7 Å². The monoisotopic (exact) mass is 535 g/mol. The van der Waals surface area contributed by atoms with Crippen LogP contribution in [0.15, 0.2) is 71.6 Å². The van der Waals surface area contributed by atoms with Crippen molar-refractivity contribution in [1.82, 2.24) is 4.90 Å². The predicted molar refractivity (Wildman–Crippen MR) is 147 cm³/mol. The Morgan fingerprint density at radius 1 is 0.921 bits per heavy atom. The predicted octanol–water partition coefficient (Wildman–Crippen LogP) is 6.83. The molecule has 198 valence electrons. The molecule has 8 heteroatoms. The highest BCUT2D eigenvalue weighted by Gasteiger charge is 2.35. The van der Waals surface area contributed by atoms with Crippen LogP contribution in [0.4, 0.5) is 9.18 Å². The number of hydrogen-bond donors (Lipinski definition) is 0. The number of ether oxygens (including phenoxy) is 3. The molecule has 0 aliphatic carbocycles. The maximum absolute atomic E-state index is 14.0. The molecule has 38 heavy (non-hydrogen) atoms. The van der Waals surface area contributed by atoms with Crippen molar-refractivity contribution in [3.05, 3.63) is 94.1 Å². The summed E-state index contributed by atoms with van der Waals surface area (Å²) in [6.45, 7) is 7.05. The largest absolute Gasteiger partial charge is 0.493 e. The average molecular weight is 536 g/mol. The molecule has 0 saturated carbocycles. The highest BCUT2D eigenvalue weighted by molar-refractivity contribution is 8.18. The van der Waals surface area contributed by atoms with E-state index >= 15 is 0 Å². The fourth-order valence-corrected chi connectivity index (χ4v) is 4.68. The number of amides is 2. The van der Waals surface area contributed by atoms with Crippen molar-refractivity contribution < 1.29 is 28.2 Å². The number of hydrogen-bond acceptors (Lipinski definition) is 6. The van der Waals surface area contributed by atoms with Gasteiger partial charge in [0.25, 0.3) is 11.1 Å². The molecule has 1 aliphatic heterocycles. The van der Waals surface area contributed by atoms with Gasteiger partial charge >= 0.3 is 0 Å². The zero-order valence-corrected chi connectivity index (χ0v) is 22.6. The number of benzene rings is 3. The van der Waals surface area contributed by atoms with E-state index in [2.05, 4.69) is 32.9 Å². The van der Waals surface area contributed by atoms with E-state index in [4.69, 9.17) is 14.2 Å². The Bertz CT molecular complexity index is 1350. The minimum absolute atomic E-state index is 0.0838. The summed E-state index contributed by atoms with van der Waals surface area (Å²) in [5.74, 6) is 0.866. The van der Waals surface area contributed by atoms with Crippen LogP contribution < -0.4 is 14.2 Å². The quantitative estimate of drug-likeness (QED) is 0.221. The molecule has 2 amide bonds. The first kappa shape index (κ1) is 27.3. The lowest BCUT2D eigenvalue weighted by molar-refractivity contribution is -0.123. The van der Waals surface area contributed by atoms with Gasteiger partial charge in [-0.3, -0.25) is 14.5 Å². The third kappa shape index (κ3) is 6.55. The average Bonchev–Trinajstić information content (AvgIpc) is 3.15. The summed E-state index contributed by atoms with van der Waals surface area (Å²) >= 11 is 0.824. The summed E-state index contributed by atoms with van der Waals surface area (Å²) in [6.07, 6.45) is 1.61. The zero-order chi connectivity index (χ0) is 27.3. The third-order valence-electron chi connectivity index (χ3n) is 5.98. The first-order chi connectivity index (χ1) is 18.2. The smallest absolute Gasteiger partial charge is 0.293 e. The Labute approximate surface area is 226 Å². The fourth-order valence-electron chi connectivity index (χ4n) is 3.84. The molecule has 1 aliphatic rings. The van der Waals surface area contributed by atoms with E-state index in [-0.39, 0.29) is 22.4 Å². The number of nitrogens with zero attached hydrogens (tertiary/aromatic N) is 1. The molecule has 1 saturated heterocycles. The van der Waals surface area contributed by atoms with E-state index in [9.17, 15) is 14.0 Å². The number of imide groups is 1. The molecule has 1 fully saturated rings. The lowest BCUT2D eigenvalue weighted by Crippen LogP contribution is -2.27. The van der Waals surface area contributed by atoms with Crippen molar-refractivity contribution >= 4 is 29.0 Å². The minimum Gasteiger partial charge on any atom is -0.493 e. The Kier molecular flexibility index (Phi) is 8.42. The summed E-state index contributed by atoms with van der Waals surface area (Å²) in [5.41, 5.74) is 2.27. The van der Waals surface area contributed by atoms with E-state index in [0.717, 1.165) is 22.4 Å². The molecule has 0 N–H and O–H groups in total. The molecule has 3 aromatic rings. The highest BCUT2D eigenvalue weighted by atomic mass is 32.2. The topological polar surface area (TPSA) is 65.1 Å².